The van der Waals surface area contributed by atoms with Gasteiger partial charge in [-0.1, -0.05) is 12.1 Å². The SMILES string of the molecule is COc1ccc(-c2c(C(C)=O)cc3ccccc3[n+]2[O-])cc1. The van der Waals surface area contributed by atoms with E-state index in [-0.39, 0.29) is 5.78 Å². The Hall–Kier alpha value is -2.88. The number of para-hydroxylation sites is 1. The van der Waals surface area contributed by atoms with E-state index in [0.29, 0.717) is 28.1 Å². The van der Waals surface area contributed by atoms with Crippen molar-refractivity contribution in [3.05, 3.63) is 65.4 Å². The van der Waals surface area contributed by atoms with Gasteiger partial charge in [-0.25, -0.2) is 0 Å². The number of rotatable bonds is 3. The first kappa shape index (κ1) is 14.1. The lowest BCUT2D eigenvalue weighted by molar-refractivity contribution is -0.565. The summed E-state index contributed by atoms with van der Waals surface area (Å²) in [7, 11) is 1.58. The topological polar surface area (TPSA) is 53.2 Å². The van der Waals surface area contributed by atoms with E-state index < -0.39 is 0 Å². The highest BCUT2D eigenvalue weighted by Gasteiger charge is 2.21. The number of aromatic nitrogens is 1. The minimum atomic E-state index is -0.138. The van der Waals surface area contributed by atoms with Crippen molar-refractivity contribution in [1.82, 2.24) is 0 Å². The molecular formula is C18H15NO3. The molecule has 0 radical (unpaired) electrons. The maximum atomic E-state index is 12.7. The van der Waals surface area contributed by atoms with Crippen molar-refractivity contribution >= 4 is 16.7 Å². The Morgan fingerprint density at radius 3 is 2.41 bits per heavy atom. The number of methoxy groups -OCH3 is 1. The number of nitrogens with zero attached hydrogens (tertiary/aromatic N) is 1. The molecule has 2 aromatic carbocycles. The standard InChI is InChI=1S/C18H15NO3/c1-12(20)16-11-14-5-3-4-6-17(14)19(21)18(16)13-7-9-15(22-2)10-8-13/h3-11H,1-2H3. The van der Waals surface area contributed by atoms with Gasteiger partial charge in [-0.3, -0.25) is 4.79 Å². The van der Waals surface area contributed by atoms with Gasteiger partial charge in [-0.2, -0.15) is 4.73 Å². The second-order valence-corrected chi connectivity index (χ2v) is 5.04. The molecule has 0 spiro atoms. The van der Waals surface area contributed by atoms with Gasteiger partial charge in [0.25, 0.3) is 0 Å². The van der Waals surface area contributed by atoms with Crippen LogP contribution in [0.5, 0.6) is 5.75 Å². The lowest BCUT2D eigenvalue weighted by Crippen LogP contribution is -2.32. The van der Waals surface area contributed by atoms with E-state index in [1.165, 1.54) is 6.92 Å². The first-order valence-corrected chi connectivity index (χ1v) is 6.92. The van der Waals surface area contributed by atoms with Crippen LogP contribution in [0.15, 0.2) is 54.6 Å². The quantitative estimate of drug-likeness (QED) is 0.423. The smallest absolute Gasteiger partial charge is 0.235 e. The monoisotopic (exact) mass is 293 g/mol. The van der Waals surface area contributed by atoms with Gasteiger partial charge in [0.2, 0.25) is 11.2 Å². The Bertz CT molecular complexity index is 854. The van der Waals surface area contributed by atoms with Gasteiger partial charge in [0, 0.05) is 17.0 Å². The molecule has 3 rings (SSSR count). The Labute approximate surface area is 128 Å². The molecule has 0 amide bonds. The highest BCUT2D eigenvalue weighted by atomic mass is 16.5. The van der Waals surface area contributed by atoms with E-state index in [4.69, 9.17) is 4.74 Å². The molecular weight excluding hydrogens is 278 g/mol. The molecule has 0 bridgehead atoms. The van der Waals surface area contributed by atoms with Crippen LogP contribution in [-0.4, -0.2) is 12.9 Å². The maximum absolute atomic E-state index is 12.7. The molecule has 0 unspecified atom stereocenters. The van der Waals surface area contributed by atoms with Crippen LogP contribution in [-0.2, 0) is 0 Å². The van der Waals surface area contributed by atoms with Gasteiger partial charge >= 0.3 is 0 Å². The van der Waals surface area contributed by atoms with Crippen LogP contribution in [0.4, 0.5) is 0 Å². The highest BCUT2D eigenvalue weighted by molar-refractivity contribution is 6.01. The van der Waals surface area contributed by atoms with Crippen molar-refractivity contribution in [2.45, 2.75) is 6.92 Å². The minimum absolute atomic E-state index is 0.138. The predicted octanol–water partition coefficient (Wildman–Crippen LogP) is 3.35. The minimum Gasteiger partial charge on any atom is -0.618 e. The second kappa shape index (κ2) is 5.48. The predicted molar refractivity (Wildman–Crippen MR) is 84.9 cm³/mol. The number of pyridine rings is 1. The average Bonchev–Trinajstić information content (AvgIpc) is 2.55. The second-order valence-electron chi connectivity index (χ2n) is 5.04. The Morgan fingerprint density at radius 2 is 1.77 bits per heavy atom. The third-order valence-electron chi connectivity index (χ3n) is 3.66. The van der Waals surface area contributed by atoms with Gasteiger partial charge in [0.15, 0.2) is 5.78 Å². The van der Waals surface area contributed by atoms with Crippen molar-refractivity contribution in [1.29, 1.82) is 0 Å². The molecule has 1 heterocycles. The van der Waals surface area contributed by atoms with Gasteiger partial charge in [-0.15, -0.1) is 0 Å². The van der Waals surface area contributed by atoms with Crippen LogP contribution < -0.4 is 9.47 Å². The summed E-state index contributed by atoms with van der Waals surface area (Å²) in [5.41, 5.74) is 2.01. The normalized spacial score (nSPS) is 10.6. The largest absolute Gasteiger partial charge is 0.618 e. The lowest BCUT2D eigenvalue weighted by Gasteiger charge is -2.11. The lowest BCUT2D eigenvalue weighted by atomic mass is 10.0. The number of fused-ring (bicyclic) bond motifs is 1. The fourth-order valence-corrected chi connectivity index (χ4v) is 2.54. The zero-order chi connectivity index (χ0) is 15.7. The van der Waals surface area contributed by atoms with Crippen LogP contribution >= 0.6 is 0 Å². The van der Waals surface area contributed by atoms with Crippen molar-refractivity contribution in [2.24, 2.45) is 0 Å². The molecule has 4 nitrogen and oxygen atoms in total. The third-order valence-corrected chi connectivity index (χ3v) is 3.66. The van der Waals surface area contributed by atoms with Crippen LogP contribution in [0.2, 0.25) is 0 Å². The van der Waals surface area contributed by atoms with Crippen molar-refractivity contribution in [3.63, 3.8) is 0 Å². The van der Waals surface area contributed by atoms with Crippen LogP contribution in [0.3, 0.4) is 0 Å². The Morgan fingerprint density at radius 1 is 1.09 bits per heavy atom. The molecule has 0 aliphatic carbocycles. The number of Topliss-reactive ketones (excluding diaryl/α,β-unsaturated/α-hetero) is 1. The fourth-order valence-electron chi connectivity index (χ4n) is 2.54. The highest BCUT2D eigenvalue weighted by Crippen LogP contribution is 2.26. The Kier molecular flexibility index (Phi) is 3.51. The maximum Gasteiger partial charge on any atom is 0.235 e. The summed E-state index contributed by atoms with van der Waals surface area (Å²) in [6, 6.07) is 16.1. The Balaban J connectivity index is 2.32. The van der Waals surface area contributed by atoms with E-state index >= 15 is 0 Å². The fraction of sp³-hybridized carbons (Fsp3) is 0.111. The van der Waals surface area contributed by atoms with Gasteiger partial charge in [0.05, 0.1) is 12.7 Å². The molecule has 1 aromatic heterocycles. The summed E-state index contributed by atoms with van der Waals surface area (Å²) in [6.45, 7) is 1.47. The summed E-state index contributed by atoms with van der Waals surface area (Å²) in [4.78, 5) is 12.0. The molecule has 0 saturated carbocycles. The molecule has 0 saturated heterocycles. The third kappa shape index (κ3) is 2.29. The van der Waals surface area contributed by atoms with Crippen molar-refractivity contribution < 1.29 is 14.3 Å². The van der Waals surface area contributed by atoms with Crippen molar-refractivity contribution in [2.75, 3.05) is 7.11 Å². The molecule has 0 fully saturated rings. The summed E-state index contributed by atoms with van der Waals surface area (Å²) in [5.74, 6) is 0.563. The molecule has 0 aliphatic rings. The molecule has 110 valence electrons. The van der Waals surface area contributed by atoms with Crippen molar-refractivity contribution in [3.8, 4) is 17.0 Å². The van der Waals surface area contributed by atoms with Gasteiger partial charge in [0.1, 0.15) is 5.75 Å². The summed E-state index contributed by atoms with van der Waals surface area (Å²) in [6.07, 6.45) is 0. The van der Waals surface area contributed by atoms with E-state index in [9.17, 15) is 10.0 Å². The zero-order valence-corrected chi connectivity index (χ0v) is 12.4. The van der Waals surface area contributed by atoms with Crippen LogP contribution in [0.25, 0.3) is 22.2 Å². The van der Waals surface area contributed by atoms with Crippen LogP contribution in [0.1, 0.15) is 17.3 Å². The van der Waals surface area contributed by atoms with Crippen LogP contribution in [0, 0.1) is 5.21 Å². The summed E-state index contributed by atoms with van der Waals surface area (Å²) >= 11 is 0. The first-order chi connectivity index (χ1) is 10.6. The van der Waals surface area contributed by atoms with Gasteiger partial charge < -0.3 is 9.94 Å². The zero-order valence-electron chi connectivity index (χ0n) is 12.4. The molecule has 22 heavy (non-hydrogen) atoms. The molecule has 0 N–H and O–H groups in total. The summed E-state index contributed by atoms with van der Waals surface area (Å²) < 4.78 is 5.96. The number of hydrogen-bond donors (Lipinski definition) is 0. The number of ketones is 1. The van der Waals surface area contributed by atoms with E-state index in [1.807, 2.05) is 18.2 Å². The average molecular weight is 293 g/mol. The number of carbonyl (C=O) groups excluding carboxylic acids is 1. The molecule has 3 aromatic rings. The van der Waals surface area contributed by atoms with E-state index in [2.05, 4.69) is 0 Å². The number of benzene rings is 2. The van der Waals surface area contributed by atoms with E-state index in [1.54, 1.807) is 43.5 Å². The molecule has 0 atom stereocenters. The molecule has 0 aliphatic heterocycles. The molecule has 4 heteroatoms. The summed E-state index contributed by atoms with van der Waals surface area (Å²) in [5, 5.41) is 13.5. The first-order valence-electron chi connectivity index (χ1n) is 6.92. The van der Waals surface area contributed by atoms with Gasteiger partial charge in [-0.05, 0) is 43.3 Å². The number of carbonyl (C=O) groups is 1. The number of hydrogen-bond acceptors (Lipinski definition) is 3. The van der Waals surface area contributed by atoms with E-state index in [0.717, 1.165) is 10.1 Å². The number of ether oxygens (including phenoxy) is 1.